The number of hydrogen-bond acceptors (Lipinski definition) is 5. The number of hydrogen-bond donors (Lipinski definition) is 2. The summed E-state index contributed by atoms with van der Waals surface area (Å²) < 4.78 is 11.2. The third kappa shape index (κ3) is 11.9. The fraction of sp³-hybridized carbons (Fsp3) is 0.750. The number of rotatable bonds is 14. The highest BCUT2D eigenvalue weighted by Gasteiger charge is 2.13. The first kappa shape index (κ1) is 21.9. The smallest absolute Gasteiger partial charge is 0.119 e. The SMILES string of the molecule is C=C(/N=C(\C=C/C)CCCOCCCCCNC)NC1CCCOC1. The summed E-state index contributed by atoms with van der Waals surface area (Å²) in [7, 11) is 1.99. The van der Waals surface area contributed by atoms with E-state index in [1.807, 2.05) is 20.0 Å². The zero-order chi connectivity index (χ0) is 18.2. The van der Waals surface area contributed by atoms with Crippen LogP contribution in [0, 0.1) is 0 Å². The molecule has 0 aromatic rings. The highest BCUT2D eigenvalue weighted by atomic mass is 16.5. The van der Waals surface area contributed by atoms with Crippen molar-refractivity contribution in [2.75, 3.05) is 40.0 Å². The highest BCUT2D eigenvalue weighted by molar-refractivity contribution is 5.95. The summed E-state index contributed by atoms with van der Waals surface area (Å²) in [5.41, 5.74) is 1.05. The zero-order valence-electron chi connectivity index (χ0n) is 16.2. The minimum absolute atomic E-state index is 0.336. The van der Waals surface area contributed by atoms with Crippen molar-refractivity contribution in [3.63, 3.8) is 0 Å². The van der Waals surface area contributed by atoms with Crippen molar-refractivity contribution in [3.05, 3.63) is 24.6 Å². The predicted molar refractivity (Wildman–Crippen MR) is 106 cm³/mol. The van der Waals surface area contributed by atoms with Crippen LogP contribution in [-0.2, 0) is 9.47 Å². The summed E-state index contributed by atoms with van der Waals surface area (Å²) in [6, 6.07) is 0.336. The Hall–Kier alpha value is -1.17. The second kappa shape index (κ2) is 15.1. The van der Waals surface area contributed by atoms with Crippen molar-refractivity contribution < 1.29 is 9.47 Å². The molecule has 1 aliphatic heterocycles. The minimum atomic E-state index is 0.336. The van der Waals surface area contributed by atoms with Gasteiger partial charge in [-0.2, -0.15) is 0 Å². The van der Waals surface area contributed by atoms with Gasteiger partial charge in [-0.25, -0.2) is 4.99 Å². The summed E-state index contributed by atoms with van der Waals surface area (Å²) in [6.45, 7) is 10.4. The van der Waals surface area contributed by atoms with Crippen LogP contribution in [0.1, 0.15) is 51.9 Å². The van der Waals surface area contributed by atoms with E-state index in [9.17, 15) is 0 Å². The maximum absolute atomic E-state index is 5.71. The Labute approximate surface area is 154 Å². The van der Waals surface area contributed by atoms with E-state index < -0.39 is 0 Å². The lowest BCUT2D eigenvalue weighted by atomic mass is 10.1. The van der Waals surface area contributed by atoms with E-state index in [1.165, 1.54) is 12.8 Å². The maximum atomic E-state index is 5.71. The summed E-state index contributed by atoms with van der Waals surface area (Å²) in [6.07, 6.45) is 11.8. The molecule has 0 aromatic carbocycles. The molecule has 0 aliphatic carbocycles. The van der Waals surface area contributed by atoms with Crippen LogP contribution in [0.5, 0.6) is 0 Å². The van der Waals surface area contributed by atoms with E-state index in [0.29, 0.717) is 6.04 Å². The van der Waals surface area contributed by atoms with E-state index in [2.05, 4.69) is 28.3 Å². The molecule has 0 radical (unpaired) electrons. The standard InChI is InChI=1S/C20H37N3O2/c1-4-10-19(11-8-15-24-14-7-5-6-13-21-3)22-18(2)23-20-12-9-16-25-17-20/h4,10,20-21,23H,2,5-9,11-17H2,1,3H3/b10-4-,22-19+. The van der Waals surface area contributed by atoms with Crippen LogP contribution in [0.15, 0.2) is 29.5 Å². The van der Waals surface area contributed by atoms with Crippen LogP contribution in [0.25, 0.3) is 0 Å². The monoisotopic (exact) mass is 351 g/mol. The molecule has 25 heavy (non-hydrogen) atoms. The van der Waals surface area contributed by atoms with Crippen LogP contribution in [0.2, 0.25) is 0 Å². The minimum Gasteiger partial charge on any atom is -0.381 e. The molecule has 1 heterocycles. The molecule has 1 rings (SSSR count). The summed E-state index contributed by atoms with van der Waals surface area (Å²) in [4.78, 5) is 4.63. The number of nitrogens with one attached hydrogen (secondary N) is 2. The van der Waals surface area contributed by atoms with Gasteiger partial charge < -0.3 is 20.1 Å². The molecule has 0 amide bonds. The van der Waals surface area contributed by atoms with Gasteiger partial charge in [0, 0.05) is 25.5 Å². The molecule has 0 saturated carbocycles. The topological polar surface area (TPSA) is 54.9 Å². The van der Waals surface area contributed by atoms with Gasteiger partial charge in [0.25, 0.3) is 0 Å². The molecule has 2 N–H and O–H groups in total. The van der Waals surface area contributed by atoms with Crippen molar-refractivity contribution in [1.29, 1.82) is 0 Å². The molecule has 1 unspecified atom stereocenters. The number of ether oxygens (including phenoxy) is 2. The van der Waals surface area contributed by atoms with E-state index in [1.54, 1.807) is 0 Å². The lowest BCUT2D eigenvalue weighted by Crippen LogP contribution is -2.35. The van der Waals surface area contributed by atoms with Crippen molar-refractivity contribution in [3.8, 4) is 0 Å². The largest absolute Gasteiger partial charge is 0.381 e. The van der Waals surface area contributed by atoms with E-state index >= 15 is 0 Å². The molecule has 1 fully saturated rings. The number of allylic oxidation sites excluding steroid dienone is 2. The predicted octanol–water partition coefficient (Wildman–Crippen LogP) is 3.43. The van der Waals surface area contributed by atoms with Crippen LogP contribution >= 0.6 is 0 Å². The molecule has 1 saturated heterocycles. The van der Waals surface area contributed by atoms with E-state index in [-0.39, 0.29) is 0 Å². The van der Waals surface area contributed by atoms with Crippen molar-refractivity contribution in [2.24, 2.45) is 4.99 Å². The lowest BCUT2D eigenvalue weighted by Gasteiger charge is -2.23. The molecular formula is C20H37N3O2. The number of unbranched alkanes of at least 4 members (excludes halogenated alkanes) is 2. The molecule has 1 atom stereocenters. The Kier molecular flexibility index (Phi) is 13.2. The maximum Gasteiger partial charge on any atom is 0.119 e. The molecule has 0 spiro atoms. The Balaban J connectivity index is 2.18. The van der Waals surface area contributed by atoms with Gasteiger partial charge in [-0.1, -0.05) is 12.7 Å². The number of aliphatic imine (C=N–C) groups is 1. The van der Waals surface area contributed by atoms with Gasteiger partial charge in [0.2, 0.25) is 0 Å². The van der Waals surface area contributed by atoms with Crippen LogP contribution in [-0.4, -0.2) is 51.8 Å². The van der Waals surface area contributed by atoms with Gasteiger partial charge in [-0.15, -0.1) is 0 Å². The van der Waals surface area contributed by atoms with Crippen LogP contribution in [0.3, 0.4) is 0 Å². The van der Waals surface area contributed by atoms with Gasteiger partial charge in [-0.3, -0.25) is 0 Å². The van der Waals surface area contributed by atoms with Crippen molar-refractivity contribution >= 4 is 5.71 Å². The van der Waals surface area contributed by atoms with Crippen LogP contribution < -0.4 is 10.6 Å². The number of nitrogens with zero attached hydrogens (tertiary/aromatic N) is 1. The third-order valence-corrected chi connectivity index (χ3v) is 4.11. The highest BCUT2D eigenvalue weighted by Crippen LogP contribution is 2.08. The molecule has 0 aromatic heterocycles. The third-order valence-electron chi connectivity index (χ3n) is 4.11. The Morgan fingerprint density at radius 3 is 2.84 bits per heavy atom. The molecular weight excluding hydrogens is 314 g/mol. The summed E-state index contributed by atoms with van der Waals surface area (Å²) in [5.74, 6) is 0.731. The molecule has 0 bridgehead atoms. The Bertz CT molecular complexity index is 402. The van der Waals surface area contributed by atoms with Gasteiger partial charge >= 0.3 is 0 Å². The van der Waals surface area contributed by atoms with E-state index in [4.69, 9.17) is 9.47 Å². The first-order valence-corrected chi connectivity index (χ1v) is 9.72. The Morgan fingerprint density at radius 1 is 1.28 bits per heavy atom. The van der Waals surface area contributed by atoms with Crippen molar-refractivity contribution in [1.82, 2.24) is 10.6 Å². The first-order chi connectivity index (χ1) is 12.3. The van der Waals surface area contributed by atoms with Gasteiger partial charge in [0.05, 0.1) is 12.6 Å². The molecule has 5 heteroatoms. The molecule has 5 nitrogen and oxygen atoms in total. The fourth-order valence-electron chi connectivity index (χ4n) is 2.80. The lowest BCUT2D eigenvalue weighted by molar-refractivity contribution is 0.0736. The van der Waals surface area contributed by atoms with Gasteiger partial charge in [0.1, 0.15) is 5.82 Å². The Morgan fingerprint density at radius 2 is 2.12 bits per heavy atom. The second-order valence-corrected chi connectivity index (χ2v) is 6.49. The van der Waals surface area contributed by atoms with Crippen molar-refractivity contribution in [2.45, 2.75) is 57.9 Å². The fourth-order valence-corrected chi connectivity index (χ4v) is 2.80. The first-order valence-electron chi connectivity index (χ1n) is 9.72. The second-order valence-electron chi connectivity index (χ2n) is 6.49. The average molecular weight is 352 g/mol. The quantitative estimate of drug-likeness (QED) is 0.372. The van der Waals surface area contributed by atoms with Gasteiger partial charge in [0.15, 0.2) is 0 Å². The van der Waals surface area contributed by atoms with E-state index in [0.717, 1.165) is 76.6 Å². The average Bonchev–Trinajstić information content (AvgIpc) is 2.61. The normalized spacial score (nSPS) is 18.6. The van der Waals surface area contributed by atoms with Crippen LogP contribution in [0.4, 0.5) is 0 Å². The van der Waals surface area contributed by atoms with Gasteiger partial charge in [-0.05, 0) is 71.5 Å². The molecule has 1 aliphatic rings. The zero-order valence-corrected chi connectivity index (χ0v) is 16.2. The summed E-state index contributed by atoms with van der Waals surface area (Å²) >= 11 is 0. The summed E-state index contributed by atoms with van der Waals surface area (Å²) in [5, 5.41) is 6.53. The molecule has 144 valence electrons.